The van der Waals surface area contributed by atoms with Crippen molar-refractivity contribution < 1.29 is 38.8 Å². The van der Waals surface area contributed by atoms with E-state index >= 15 is 0 Å². The largest absolute Gasteiger partial charge is 0.467 e. The Morgan fingerprint density at radius 1 is 1.07 bits per heavy atom. The summed E-state index contributed by atoms with van der Waals surface area (Å²) in [5.74, 6) is -1.19. The molecule has 12 heteroatoms. The van der Waals surface area contributed by atoms with Gasteiger partial charge in [-0.2, -0.15) is 0 Å². The van der Waals surface area contributed by atoms with E-state index in [0.29, 0.717) is 44.4 Å². The van der Waals surface area contributed by atoms with Crippen molar-refractivity contribution in [1.29, 1.82) is 0 Å². The Balaban J connectivity index is 1.35. The summed E-state index contributed by atoms with van der Waals surface area (Å²) in [4.78, 5) is 50.8. The highest BCUT2D eigenvalue weighted by Gasteiger charge is 2.80. The highest BCUT2D eigenvalue weighted by Crippen LogP contribution is 2.68. The highest BCUT2D eigenvalue weighted by molar-refractivity contribution is 5.88. The zero-order chi connectivity index (χ0) is 41.7. The highest BCUT2D eigenvalue weighted by atomic mass is 16.6. The number of aliphatic hydroxyl groups excluding tert-OH is 1. The molecule has 2 bridgehead atoms. The molecule has 2 aromatic carbocycles. The number of carbonyl (C=O) groups is 3. The molecule has 316 valence electrons. The van der Waals surface area contributed by atoms with Crippen molar-refractivity contribution >= 4 is 35.0 Å². The number of aromatic amines is 1. The van der Waals surface area contributed by atoms with Gasteiger partial charge in [-0.15, -0.1) is 0 Å². The number of nitrogens with zero attached hydrogens (tertiary/aromatic N) is 3. The fourth-order valence-electron chi connectivity index (χ4n) is 13.9. The second-order valence-electron chi connectivity index (χ2n) is 19.0. The quantitative estimate of drug-likeness (QED) is 0.119. The Hall–Kier alpha value is -4.23. The van der Waals surface area contributed by atoms with Crippen molar-refractivity contribution in [3.63, 3.8) is 0 Å². The third-order valence-corrected chi connectivity index (χ3v) is 16.1. The molecule has 6 heterocycles. The summed E-state index contributed by atoms with van der Waals surface area (Å²) in [6, 6.07) is 11.5. The van der Waals surface area contributed by atoms with Gasteiger partial charge in [0.25, 0.3) is 6.47 Å². The van der Waals surface area contributed by atoms with Crippen molar-refractivity contribution in [1.82, 2.24) is 14.8 Å². The minimum absolute atomic E-state index is 0.0610. The number of H-pyrrole nitrogens is 1. The van der Waals surface area contributed by atoms with E-state index in [1.54, 1.807) is 0 Å². The number of ether oxygens (including phenoxy) is 3. The van der Waals surface area contributed by atoms with E-state index in [0.717, 1.165) is 72.3 Å². The van der Waals surface area contributed by atoms with E-state index < -0.39 is 45.9 Å². The number of anilines is 1. The number of hydrogen-bond donors (Lipinski definition) is 3. The van der Waals surface area contributed by atoms with Crippen LogP contribution in [0.4, 0.5) is 5.69 Å². The molecule has 9 rings (SSSR count). The number of methoxy groups -OCH3 is 1. The Bertz CT molecular complexity index is 2220. The van der Waals surface area contributed by atoms with Crippen LogP contribution in [-0.2, 0) is 52.5 Å². The summed E-state index contributed by atoms with van der Waals surface area (Å²) in [7, 11) is 3.16. The number of likely N-dealkylation sites (N-methyl/N-ethyl adjacent to an activating group) is 1. The maximum atomic E-state index is 14.4. The van der Waals surface area contributed by atoms with Crippen LogP contribution in [0.3, 0.4) is 0 Å². The minimum Gasteiger partial charge on any atom is -0.467 e. The number of piperidine rings is 1. The molecule has 1 aliphatic carbocycles. The molecule has 3 N–H and O–H groups in total. The van der Waals surface area contributed by atoms with Gasteiger partial charge in [0, 0.05) is 79.3 Å². The van der Waals surface area contributed by atoms with E-state index in [1.807, 2.05) is 31.0 Å². The molecule has 1 saturated carbocycles. The van der Waals surface area contributed by atoms with Crippen LogP contribution < -0.4 is 4.90 Å². The molecule has 0 radical (unpaired) electrons. The van der Waals surface area contributed by atoms with E-state index in [2.05, 4.69) is 65.0 Å². The normalized spacial score (nSPS) is 37.0. The van der Waals surface area contributed by atoms with E-state index in [9.17, 15) is 24.6 Å². The second kappa shape index (κ2) is 14.2. The number of para-hydroxylation sites is 1. The van der Waals surface area contributed by atoms with Crippen molar-refractivity contribution in [2.45, 2.75) is 107 Å². The first-order valence-electron chi connectivity index (χ1n) is 21.6. The summed E-state index contributed by atoms with van der Waals surface area (Å²) >= 11 is 0. The van der Waals surface area contributed by atoms with Crippen molar-refractivity contribution in [2.75, 3.05) is 58.4 Å². The number of nitrogens with one attached hydrogen (secondary N) is 1. The van der Waals surface area contributed by atoms with Gasteiger partial charge in [-0.3, -0.25) is 14.5 Å². The number of esters is 2. The maximum Gasteiger partial charge on any atom is 0.344 e. The first-order valence-corrected chi connectivity index (χ1v) is 21.6. The van der Waals surface area contributed by atoms with Gasteiger partial charge >= 0.3 is 11.9 Å². The Morgan fingerprint density at radius 3 is 2.58 bits per heavy atom. The molecule has 1 spiro atoms. The average molecular weight is 809 g/mol. The summed E-state index contributed by atoms with van der Waals surface area (Å²) in [5.41, 5.74) is 1.68. The zero-order valence-electron chi connectivity index (χ0n) is 35.4. The number of carbonyl (C=O) groups excluding carboxylic acids is 3. The standard InChI is InChI=1S/C47H60N4O8/c1-7-43(4)22-30-23-45(27-58-28-53,38-33(14-18-50(24-30)26-43)32-12-9-10-13-36(32)48-38)34-21-35-37(20-31(34)25-52)49(5)40-46(35)16-19-51-17-11-15-44(8-2,39(46)51)41(59-29(3)54)47(40,56)42(55)57-6/h9-13,15,20-21,28,30,39-41,48,52,56H,7-8,14,16-19,22-27H2,1-6H3/t30?,39-,40+,41+,43?,44+,45-,46+,47?/m0/s1. The second-order valence-corrected chi connectivity index (χ2v) is 19.0. The topological polar surface area (TPSA) is 145 Å². The first kappa shape index (κ1) is 40.2. The van der Waals surface area contributed by atoms with Gasteiger partial charge in [0.15, 0.2) is 6.10 Å². The minimum atomic E-state index is -2.27. The third-order valence-electron chi connectivity index (χ3n) is 16.1. The smallest absolute Gasteiger partial charge is 0.344 e. The van der Waals surface area contributed by atoms with Crippen LogP contribution in [-0.4, -0.2) is 121 Å². The van der Waals surface area contributed by atoms with E-state index in [1.165, 1.54) is 19.6 Å². The lowest BCUT2D eigenvalue weighted by atomic mass is 9.47. The number of hydrogen-bond acceptors (Lipinski definition) is 11. The number of rotatable bonds is 9. The Morgan fingerprint density at radius 2 is 1.86 bits per heavy atom. The number of aliphatic hydroxyl groups is 2. The maximum absolute atomic E-state index is 14.4. The van der Waals surface area contributed by atoms with E-state index in [-0.39, 0.29) is 30.6 Å². The van der Waals surface area contributed by atoms with Gasteiger partial charge in [-0.1, -0.05) is 57.2 Å². The molecule has 2 saturated heterocycles. The molecule has 10 atom stereocenters. The molecule has 5 aliphatic heterocycles. The molecule has 59 heavy (non-hydrogen) atoms. The molecular formula is C47H60N4O8. The van der Waals surface area contributed by atoms with Gasteiger partial charge < -0.3 is 39.2 Å². The van der Waals surface area contributed by atoms with Crippen LogP contribution in [0.5, 0.6) is 0 Å². The Kier molecular flexibility index (Phi) is 9.66. The molecule has 3 aromatic rings. The molecule has 12 nitrogen and oxygen atoms in total. The summed E-state index contributed by atoms with van der Waals surface area (Å²) < 4.78 is 17.7. The van der Waals surface area contributed by atoms with Crippen molar-refractivity contribution in [2.24, 2.45) is 16.7 Å². The molecule has 1 aromatic heterocycles. The van der Waals surface area contributed by atoms with Crippen LogP contribution in [0.2, 0.25) is 0 Å². The van der Waals surface area contributed by atoms with Crippen LogP contribution in [0.15, 0.2) is 48.6 Å². The molecular weight excluding hydrogens is 749 g/mol. The predicted octanol–water partition coefficient (Wildman–Crippen LogP) is 4.75. The monoisotopic (exact) mass is 808 g/mol. The van der Waals surface area contributed by atoms with Crippen molar-refractivity contribution in [3.8, 4) is 0 Å². The molecule has 3 fully saturated rings. The lowest BCUT2D eigenvalue weighted by Crippen LogP contribution is -2.81. The molecule has 0 amide bonds. The number of fused-ring (bicyclic) bond motifs is 6. The SMILES string of the molecule is CCC1(C)CC2CN(CCc3c([nH]c4ccccc34)[C@@](COC=O)(c3cc4c(cc3CO)N(C)[C@H]3C(O)(C(=O)OC)[C@H](OC(C)=O)[C@]5(CC)C=CCN6CC[C@]43[C@@H]65)C2)C1. The first-order chi connectivity index (χ1) is 28.3. The van der Waals surface area contributed by atoms with Gasteiger partial charge in [-0.25, -0.2) is 4.79 Å². The lowest BCUT2D eigenvalue weighted by molar-refractivity contribution is -0.228. The predicted molar refractivity (Wildman–Crippen MR) is 223 cm³/mol. The van der Waals surface area contributed by atoms with Crippen LogP contribution in [0.25, 0.3) is 10.9 Å². The zero-order valence-corrected chi connectivity index (χ0v) is 35.4. The van der Waals surface area contributed by atoms with Crippen molar-refractivity contribution in [3.05, 3.63) is 76.5 Å². The number of benzene rings is 2. The number of aromatic nitrogens is 1. The summed E-state index contributed by atoms with van der Waals surface area (Å²) in [6.07, 6.45) is 7.55. The Labute approximate surface area is 346 Å². The summed E-state index contributed by atoms with van der Waals surface area (Å²) in [5, 5.41) is 26.0. The molecule has 4 unspecified atom stereocenters. The lowest BCUT2D eigenvalue weighted by Gasteiger charge is -2.63. The van der Waals surface area contributed by atoms with Gasteiger partial charge in [0.2, 0.25) is 5.60 Å². The van der Waals surface area contributed by atoms with Gasteiger partial charge in [0.1, 0.15) is 6.61 Å². The fraction of sp³-hybridized carbons (Fsp3) is 0.596. The van der Waals surface area contributed by atoms with Gasteiger partial charge in [-0.05, 0) is 90.8 Å². The van der Waals surface area contributed by atoms with Crippen LogP contribution in [0, 0.1) is 16.7 Å². The summed E-state index contributed by atoms with van der Waals surface area (Å²) in [6.45, 7) is 12.6. The van der Waals surface area contributed by atoms with Crippen LogP contribution >= 0.6 is 0 Å². The van der Waals surface area contributed by atoms with Gasteiger partial charge in [0.05, 0.1) is 25.2 Å². The molecule has 6 aliphatic rings. The van der Waals surface area contributed by atoms with E-state index in [4.69, 9.17) is 14.2 Å². The average Bonchev–Trinajstić information content (AvgIpc) is 3.89. The fourth-order valence-corrected chi connectivity index (χ4v) is 13.9. The van der Waals surface area contributed by atoms with Crippen LogP contribution in [0.1, 0.15) is 87.7 Å². The third kappa shape index (κ3) is 5.44.